The van der Waals surface area contributed by atoms with Crippen molar-refractivity contribution in [1.82, 2.24) is 15.0 Å². The number of aromatic nitrogens is 3. The highest BCUT2D eigenvalue weighted by Crippen LogP contribution is 2.27. The van der Waals surface area contributed by atoms with Crippen LogP contribution in [0, 0.1) is 5.92 Å². The van der Waals surface area contributed by atoms with Crippen LogP contribution in [0.3, 0.4) is 0 Å². The predicted octanol–water partition coefficient (Wildman–Crippen LogP) is 2.83. The maximum atomic E-state index is 6.19. The van der Waals surface area contributed by atoms with Crippen molar-refractivity contribution in [1.29, 1.82) is 0 Å². The van der Waals surface area contributed by atoms with Crippen LogP contribution in [-0.4, -0.2) is 41.8 Å². The first kappa shape index (κ1) is 15.8. The summed E-state index contributed by atoms with van der Waals surface area (Å²) in [6.45, 7) is 2.42. The number of hydrogen-bond acceptors (Lipinski definition) is 6. The van der Waals surface area contributed by atoms with Crippen LogP contribution in [0.1, 0.15) is 12.8 Å². The van der Waals surface area contributed by atoms with E-state index in [0.29, 0.717) is 29.3 Å². The zero-order valence-corrected chi connectivity index (χ0v) is 13.7. The van der Waals surface area contributed by atoms with E-state index < -0.39 is 0 Å². The van der Waals surface area contributed by atoms with Crippen molar-refractivity contribution in [3.05, 3.63) is 35.7 Å². The molecule has 1 aliphatic rings. The number of halogens is 1. The van der Waals surface area contributed by atoms with E-state index in [2.05, 4.69) is 19.9 Å². The molecule has 1 saturated heterocycles. The van der Waals surface area contributed by atoms with Crippen LogP contribution in [0.15, 0.2) is 30.7 Å². The molecule has 0 saturated carbocycles. The molecular weight excluding hydrogens is 316 g/mol. The molecule has 0 aliphatic carbocycles. The summed E-state index contributed by atoms with van der Waals surface area (Å²) in [5, 5.41) is 0.587. The minimum absolute atomic E-state index is 0.405. The minimum atomic E-state index is 0.405. The van der Waals surface area contributed by atoms with Crippen LogP contribution >= 0.6 is 11.6 Å². The minimum Gasteiger partial charge on any atom is -0.481 e. The monoisotopic (exact) mass is 334 g/mol. The van der Waals surface area contributed by atoms with Crippen LogP contribution in [0.2, 0.25) is 5.02 Å². The summed E-state index contributed by atoms with van der Waals surface area (Å²) >= 11 is 6.19. The first-order valence-electron chi connectivity index (χ1n) is 7.60. The van der Waals surface area contributed by atoms with Gasteiger partial charge in [0.1, 0.15) is 11.3 Å². The maximum absolute atomic E-state index is 6.19. The zero-order valence-electron chi connectivity index (χ0n) is 13.0. The van der Waals surface area contributed by atoms with Gasteiger partial charge in [0.15, 0.2) is 5.82 Å². The Morgan fingerprint density at radius 3 is 3.04 bits per heavy atom. The van der Waals surface area contributed by atoms with Gasteiger partial charge in [-0.1, -0.05) is 17.7 Å². The molecule has 0 radical (unpaired) electrons. The van der Waals surface area contributed by atoms with Crippen molar-refractivity contribution in [3.63, 3.8) is 0 Å². The lowest BCUT2D eigenvalue weighted by atomic mass is 9.99. The van der Waals surface area contributed by atoms with E-state index in [9.17, 15) is 0 Å². The highest BCUT2D eigenvalue weighted by molar-refractivity contribution is 6.32. The second-order valence-corrected chi connectivity index (χ2v) is 5.88. The molecule has 2 aromatic heterocycles. The smallest absolute Gasteiger partial charge is 0.216 e. The molecule has 7 heteroatoms. The second-order valence-electron chi connectivity index (χ2n) is 5.48. The fourth-order valence-corrected chi connectivity index (χ4v) is 2.95. The third-order valence-electron chi connectivity index (χ3n) is 3.84. The summed E-state index contributed by atoms with van der Waals surface area (Å²) in [6.07, 6.45) is 5.36. The van der Waals surface area contributed by atoms with Gasteiger partial charge in [0, 0.05) is 31.1 Å². The van der Waals surface area contributed by atoms with Gasteiger partial charge in [-0.05, 0) is 12.8 Å². The quantitative estimate of drug-likeness (QED) is 0.838. The highest BCUT2D eigenvalue weighted by atomic mass is 35.5. The Morgan fingerprint density at radius 1 is 1.35 bits per heavy atom. The zero-order chi connectivity index (χ0) is 16.1. The Kier molecular flexibility index (Phi) is 5.12. The molecule has 1 atom stereocenters. The summed E-state index contributed by atoms with van der Waals surface area (Å²) in [5.74, 6) is 2.34. The lowest BCUT2D eigenvalue weighted by Crippen LogP contribution is -2.38. The maximum Gasteiger partial charge on any atom is 0.216 e. The normalized spacial score (nSPS) is 17.8. The van der Waals surface area contributed by atoms with Crippen LogP contribution in [0.25, 0.3) is 0 Å². The first-order valence-corrected chi connectivity index (χ1v) is 7.98. The largest absolute Gasteiger partial charge is 0.481 e. The Balaban J connectivity index is 1.59. The number of anilines is 1. The second kappa shape index (κ2) is 7.46. The number of ether oxygens (including phenoxy) is 2. The summed E-state index contributed by atoms with van der Waals surface area (Å²) in [4.78, 5) is 14.7. The summed E-state index contributed by atoms with van der Waals surface area (Å²) in [6, 6.07) is 5.51. The van der Waals surface area contributed by atoms with Gasteiger partial charge in [-0.3, -0.25) is 0 Å². The Labute approximate surface area is 140 Å². The van der Waals surface area contributed by atoms with Gasteiger partial charge in [-0.25, -0.2) is 9.97 Å². The fraction of sp³-hybridized carbons (Fsp3) is 0.438. The average Bonchev–Trinajstić information content (AvgIpc) is 2.61. The number of nitrogens with zero attached hydrogens (tertiary/aromatic N) is 4. The van der Waals surface area contributed by atoms with Crippen LogP contribution in [-0.2, 0) is 0 Å². The van der Waals surface area contributed by atoms with E-state index in [-0.39, 0.29) is 0 Å². The molecule has 0 aromatic carbocycles. The molecule has 23 heavy (non-hydrogen) atoms. The summed E-state index contributed by atoms with van der Waals surface area (Å²) in [5.41, 5.74) is 0. The van der Waals surface area contributed by atoms with E-state index in [1.165, 1.54) is 6.33 Å². The van der Waals surface area contributed by atoms with Crippen molar-refractivity contribution >= 4 is 17.4 Å². The molecule has 1 fully saturated rings. The predicted molar refractivity (Wildman–Crippen MR) is 88.3 cm³/mol. The molecule has 1 aliphatic heterocycles. The van der Waals surface area contributed by atoms with E-state index in [1.54, 1.807) is 19.4 Å². The van der Waals surface area contributed by atoms with Gasteiger partial charge in [-0.2, -0.15) is 4.98 Å². The lowest BCUT2D eigenvalue weighted by Gasteiger charge is -2.33. The van der Waals surface area contributed by atoms with Crippen molar-refractivity contribution < 1.29 is 9.47 Å². The topological polar surface area (TPSA) is 60.4 Å². The molecular formula is C16H19ClN4O2. The van der Waals surface area contributed by atoms with Crippen molar-refractivity contribution in [2.75, 3.05) is 31.7 Å². The molecule has 2 aromatic rings. The van der Waals surface area contributed by atoms with Crippen LogP contribution < -0.4 is 14.4 Å². The average molecular weight is 335 g/mol. The first-order chi connectivity index (χ1) is 11.3. The van der Waals surface area contributed by atoms with Crippen molar-refractivity contribution in [2.45, 2.75) is 12.8 Å². The SMILES string of the molecule is COc1cccc(OCC2CCCN(c3ncncc3Cl)C2)n1. The summed E-state index contributed by atoms with van der Waals surface area (Å²) < 4.78 is 10.9. The van der Waals surface area contributed by atoms with Gasteiger partial charge in [-0.15, -0.1) is 0 Å². The van der Waals surface area contributed by atoms with E-state index >= 15 is 0 Å². The van der Waals surface area contributed by atoms with Gasteiger partial charge >= 0.3 is 0 Å². The molecule has 6 nitrogen and oxygen atoms in total. The van der Waals surface area contributed by atoms with Crippen LogP contribution in [0.5, 0.6) is 11.8 Å². The molecule has 0 N–H and O–H groups in total. The molecule has 1 unspecified atom stereocenters. The van der Waals surface area contributed by atoms with Crippen LogP contribution in [0.4, 0.5) is 5.82 Å². The van der Waals surface area contributed by atoms with E-state index in [0.717, 1.165) is 31.7 Å². The third kappa shape index (κ3) is 4.01. The Hall–Kier alpha value is -2.08. The van der Waals surface area contributed by atoms with Gasteiger partial charge < -0.3 is 14.4 Å². The third-order valence-corrected chi connectivity index (χ3v) is 4.11. The van der Waals surface area contributed by atoms with E-state index in [1.807, 2.05) is 12.1 Å². The van der Waals surface area contributed by atoms with E-state index in [4.69, 9.17) is 21.1 Å². The molecule has 0 bridgehead atoms. The van der Waals surface area contributed by atoms with Gasteiger partial charge in [0.25, 0.3) is 0 Å². The van der Waals surface area contributed by atoms with Gasteiger partial charge in [0.2, 0.25) is 11.8 Å². The van der Waals surface area contributed by atoms with Crippen molar-refractivity contribution in [2.24, 2.45) is 5.92 Å². The number of hydrogen-bond donors (Lipinski definition) is 0. The molecule has 122 valence electrons. The highest BCUT2D eigenvalue weighted by Gasteiger charge is 2.23. The molecule has 0 amide bonds. The molecule has 3 heterocycles. The van der Waals surface area contributed by atoms with Gasteiger partial charge in [0.05, 0.1) is 19.9 Å². The molecule has 3 rings (SSSR count). The number of pyridine rings is 1. The number of methoxy groups -OCH3 is 1. The number of piperidine rings is 1. The number of rotatable bonds is 5. The van der Waals surface area contributed by atoms with Crippen molar-refractivity contribution in [3.8, 4) is 11.8 Å². The Bertz CT molecular complexity index is 655. The summed E-state index contributed by atoms with van der Waals surface area (Å²) in [7, 11) is 1.59. The standard InChI is InChI=1S/C16H19ClN4O2/c1-22-14-5-2-6-15(20-14)23-10-12-4-3-7-21(9-12)16-13(17)8-18-11-19-16/h2,5-6,8,11-12H,3-4,7,9-10H2,1H3. The Morgan fingerprint density at radius 2 is 2.22 bits per heavy atom. The molecule has 0 spiro atoms. The fourth-order valence-electron chi connectivity index (χ4n) is 2.73. The lowest BCUT2D eigenvalue weighted by molar-refractivity contribution is 0.219.